The molecule has 4 atom stereocenters. The van der Waals surface area contributed by atoms with Gasteiger partial charge in [-0.2, -0.15) is 0 Å². The third-order valence-corrected chi connectivity index (χ3v) is 8.97. The number of carbonyl (C=O) groups excluding carboxylic acids is 7. The van der Waals surface area contributed by atoms with Gasteiger partial charge in [0.05, 0.1) is 0 Å². The van der Waals surface area contributed by atoms with Gasteiger partial charge in [-0.05, 0) is 49.1 Å². The number of ether oxygens (including phenoxy) is 1. The third-order valence-electron chi connectivity index (χ3n) is 8.97. The van der Waals surface area contributed by atoms with Crippen molar-refractivity contribution in [3.8, 4) is 0 Å². The van der Waals surface area contributed by atoms with Crippen LogP contribution in [-0.2, 0) is 46.5 Å². The van der Waals surface area contributed by atoms with Gasteiger partial charge in [0.25, 0.3) is 0 Å². The van der Waals surface area contributed by atoms with Crippen LogP contribution in [0.4, 0.5) is 4.79 Å². The van der Waals surface area contributed by atoms with Crippen molar-refractivity contribution in [1.82, 2.24) is 26.6 Å². The highest BCUT2D eigenvalue weighted by Crippen LogP contribution is 2.17. The number of primary amides is 2. The highest BCUT2D eigenvalue weighted by atomic mass is 16.5. The predicted molar refractivity (Wildman–Crippen MR) is 205 cm³/mol. The smallest absolute Gasteiger partial charge is 0.408 e. The van der Waals surface area contributed by atoms with E-state index in [0.717, 1.165) is 31.2 Å². The van der Waals surface area contributed by atoms with E-state index in [1.54, 1.807) is 42.5 Å². The predicted octanol–water partition coefficient (Wildman–Crippen LogP) is 2.17. The Kier molecular flexibility index (Phi) is 18.4. The summed E-state index contributed by atoms with van der Waals surface area (Å²) in [5, 5.41) is 13.7. The molecule has 15 nitrogen and oxygen atoms in total. The van der Waals surface area contributed by atoms with E-state index in [1.165, 1.54) is 12.2 Å². The molecule has 0 saturated heterocycles. The maximum atomic E-state index is 14.0. The van der Waals surface area contributed by atoms with E-state index < -0.39 is 59.8 Å². The quantitative estimate of drug-likeness (QED) is 0.0876. The minimum absolute atomic E-state index is 0.0106. The molecule has 0 radical (unpaired) electrons. The van der Waals surface area contributed by atoms with Crippen molar-refractivity contribution >= 4 is 41.5 Å². The fourth-order valence-electron chi connectivity index (χ4n) is 6.09. The van der Waals surface area contributed by atoms with Gasteiger partial charge in [-0.15, -0.1) is 0 Å². The summed E-state index contributed by atoms with van der Waals surface area (Å²) < 4.78 is 5.34. The molecule has 1 aliphatic rings. The minimum atomic E-state index is -1.30. The van der Waals surface area contributed by atoms with Crippen LogP contribution < -0.4 is 38.1 Å². The van der Waals surface area contributed by atoms with Crippen LogP contribution in [0.15, 0.2) is 72.8 Å². The molecule has 55 heavy (non-hydrogen) atoms. The second kappa shape index (κ2) is 23.1. The van der Waals surface area contributed by atoms with Gasteiger partial charge in [0, 0.05) is 37.4 Å². The molecule has 15 heteroatoms. The summed E-state index contributed by atoms with van der Waals surface area (Å²) in [7, 11) is 0. The lowest BCUT2D eigenvalue weighted by Gasteiger charge is -2.26. The standard InChI is InChI=1S/C40H55N7O8/c1-26(2)23-32(47-40(54)55-25-28-13-7-4-8-14-28)38(52)46-33(24-27-11-5-3-6-12-27)39(53)45-31(19-21-35(42)49)37(51)44-30(17-20-34(41)48)18-22-36(50)43-29-15-9-10-16-29/h3-8,11-14,18,22,26,29-33H,9-10,15-17,19-21,23-25H2,1-2H3,(H2,41,48)(H2,42,49)(H,43,50)(H,44,51)(H,45,53)(H,46,52)(H,47,54)/b22-18+/t30-,31-,32-,33-/m0/s1. The summed E-state index contributed by atoms with van der Waals surface area (Å²) in [5.41, 5.74) is 12.2. The highest BCUT2D eigenvalue weighted by Gasteiger charge is 2.31. The average molecular weight is 762 g/mol. The Morgan fingerprint density at radius 1 is 0.709 bits per heavy atom. The number of alkyl carbamates (subject to hydrolysis) is 1. The number of nitrogens with one attached hydrogen (secondary N) is 5. The van der Waals surface area contributed by atoms with E-state index in [1.807, 2.05) is 32.0 Å². The van der Waals surface area contributed by atoms with Crippen LogP contribution >= 0.6 is 0 Å². The number of rotatable bonds is 22. The van der Waals surface area contributed by atoms with Gasteiger partial charge in [-0.1, -0.05) is 93.4 Å². The van der Waals surface area contributed by atoms with Crippen molar-refractivity contribution in [1.29, 1.82) is 0 Å². The first-order valence-corrected chi connectivity index (χ1v) is 18.8. The minimum Gasteiger partial charge on any atom is -0.445 e. The summed E-state index contributed by atoms with van der Waals surface area (Å²) in [6.45, 7) is 3.74. The fraction of sp³-hybridized carbons (Fsp3) is 0.475. The summed E-state index contributed by atoms with van der Waals surface area (Å²) in [6.07, 6.45) is 5.51. The molecule has 2 aromatic rings. The largest absolute Gasteiger partial charge is 0.445 e. The number of hydrogen-bond donors (Lipinski definition) is 7. The molecule has 1 saturated carbocycles. The second-order valence-corrected chi connectivity index (χ2v) is 14.2. The van der Waals surface area contributed by atoms with Crippen LogP contribution in [0.25, 0.3) is 0 Å². The van der Waals surface area contributed by atoms with Gasteiger partial charge >= 0.3 is 6.09 Å². The number of carbonyl (C=O) groups is 7. The molecule has 298 valence electrons. The number of nitrogens with two attached hydrogens (primary N) is 2. The van der Waals surface area contributed by atoms with Gasteiger partial charge in [0.15, 0.2) is 0 Å². The molecule has 2 aromatic carbocycles. The van der Waals surface area contributed by atoms with Crippen LogP contribution in [0.2, 0.25) is 0 Å². The van der Waals surface area contributed by atoms with Gasteiger partial charge in [0.1, 0.15) is 24.7 Å². The highest BCUT2D eigenvalue weighted by molar-refractivity contribution is 5.94. The number of amides is 7. The van der Waals surface area contributed by atoms with Gasteiger partial charge in [0.2, 0.25) is 35.4 Å². The average Bonchev–Trinajstić information content (AvgIpc) is 3.66. The zero-order valence-electron chi connectivity index (χ0n) is 31.6. The molecule has 0 aliphatic heterocycles. The first-order chi connectivity index (χ1) is 26.3. The molecule has 1 aliphatic carbocycles. The molecule has 3 rings (SSSR count). The summed E-state index contributed by atoms with van der Waals surface area (Å²) in [6, 6.07) is 13.6. The molecule has 1 fully saturated rings. The van der Waals surface area contributed by atoms with Crippen LogP contribution in [0.5, 0.6) is 0 Å². The molecule has 0 bridgehead atoms. The Bertz CT molecular complexity index is 1610. The maximum absolute atomic E-state index is 14.0. The normalized spacial score (nSPS) is 15.0. The van der Waals surface area contributed by atoms with E-state index in [4.69, 9.17) is 16.2 Å². The first kappa shape index (κ1) is 43.7. The molecule has 0 spiro atoms. The molecule has 9 N–H and O–H groups in total. The Morgan fingerprint density at radius 2 is 1.25 bits per heavy atom. The Morgan fingerprint density at radius 3 is 1.85 bits per heavy atom. The van der Waals surface area contributed by atoms with Crippen LogP contribution in [0, 0.1) is 5.92 Å². The number of hydrogen-bond acceptors (Lipinski definition) is 8. The second-order valence-electron chi connectivity index (χ2n) is 14.2. The zero-order chi connectivity index (χ0) is 40.2. The lowest BCUT2D eigenvalue weighted by atomic mass is 10.0. The van der Waals surface area contributed by atoms with Crippen LogP contribution in [-0.4, -0.2) is 71.7 Å². The summed E-state index contributed by atoms with van der Waals surface area (Å²) in [4.78, 5) is 90.2. The molecular weight excluding hydrogens is 706 g/mol. The molecule has 7 amide bonds. The molecule has 0 heterocycles. The van der Waals surface area contributed by atoms with Crippen molar-refractivity contribution in [2.75, 3.05) is 0 Å². The van der Waals surface area contributed by atoms with Crippen molar-refractivity contribution in [2.24, 2.45) is 17.4 Å². The topological polar surface area (TPSA) is 241 Å². The van der Waals surface area contributed by atoms with Crippen molar-refractivity contribution in [3.05, 3.63) is 83.9 Å². The Labute approximate surface area is 322 Å². The van der Waals surface area contributed by atoms with Crippen molar-refractivity contribution < 1.29 is 38.3 Å². The lowest BCUT2D eigenvalue weighted by Crippen LogP contribution is -2.58. The number of benzene rings is 2. The molecular formula is C40H55N7O8. The van der Waals surface area contributed by atoms with Crippen LogP contribution in [0.3, 0.4) is 0 Å². The van der Waals surface area contributed by atoms with Crippen molar-refractivity contribution in [3.63, 3.8) is 0 Å². The SMILES string of the molecule is CC(C)C[C@H](NC(=O)OCc1ccccc1)C(=O)N[C@@H](Cc1ccccc1)C(=O)N[C@@H](CCC(N)=O)C(=O)N[C@H](/C=C/C(=O)NC1CCCC1)CCC(N)=O. The Hall–Kier alpha value is -5.73. The summed E-state index contributed by atoms with van der Waals surface area (Å²) in [5.74, 6) is -3.80. The van der Waals surface area contributed by atoms with Gasteiger partial charge < -0.3 is 42.8 Å². The van der Waals surface area contributed by atoms with Gasteiger partial charge in [-0.3, -0.25) is 28.8 Å². The lowest BCUT2D eigenvalue weighted by molar-refractivity contribution is -0.133. The monoisotopic (exact) mass is 761 g/mol. The van der Waals surface area contributed by atoms with E-state index >= 15 is 0 Å². The fourth-order valence-corrected chi connectivity index (χ4v) is 6.09. The van der Waals surface area contributed by atoms with E-state index in [-0.39, 0.29) is 63.0 Å². The zero-order valence-corrected chi connectivity index (χ0v) is 31.6. The Balaban J connectivity index is 1.79. The van der Waals surface area contributed by atoms with E-state index in [0.29, 0.717) is 5.56 Å². The molecule has 0 aromatic heterocycles. The van der Waals surface area contributed by atoms with Gasteiger partial charge in [-0.25, -0.2) is 4.79 Å². The van der Waals surface area contributed by atoms with Crippen molar-refractivity contribution in [2.45, 2.75) is 115 Å². The third kappa shape index (κ3) is 17.3. The molecule has 0 unspecified atom stereocenters. The maximum Gasteiger partial charge on any atom is 0.408 e. The first-order valence-electron chi connectivity index (χ1n) is 18.8. The van der Waals surface area contributed by atoms with E-state index in [2.05, 4.69) is 26.6 Å². The van der Waals surface area contributed by atoms with E-state index in [9.17, 15) is 33.6 Å². The van der Waals surface area contributed by atoms with Crippen LogP contribution in [0.1, 0.15) is 82.8 Å². The summed E-state index contributed by atoms with van der Waals surface area (Å²) >= 11 is 0.